The third kappa shape index (κ3) is 4.13. The van der Waals surface area contributed by atoms with Crippen LogP contribution >= 0.6 is 11.6 Å². The summed E-state index contributed by atoms with van der Waals surface area (Å²) in [5, 5.41) is 4.86. The van der Waals surface area contributed by atoms with Gasteiger partial charge in [0, 0.05) is 17.7 Å². The molecule has 1 amide bonds. The molecule has 1 aliphatic heterocycles. The molecule has 3 aromatic rings. The molecule has 186 valence electrons. The first-order valence-electron chi connectivity index (χ1n) is 11.5. The van der Waals surface area contributed by atoms with Gasteiger partial charge in [0.15, 0.2) is 0 Å². The standard InChI is InChI=1S/C26H23ClFN3O5/c1-35-25(33)15-8-9-17(20(28)12-15)23-18-10-11-30(26(34)36-2)13-21(18)31(29-23)24(32)22-16(14-6-7-14)4-3-5-19(22)27/h3-5,8-9,12,14H,6-7,10-11,13H2,1-2H3. The Hall–Kier alpha value is -3.72. The number of hydrogen-bond donors (Lipinski definition) is 0. The normalized spacial score (nSPS) is 14.8. The van der Waals surface area contributed by atoms with Crippen LogP contribution in [0.5, 0.6) is 0 Å². The average Bonchev–Trinajstić information content (AvgIpc) is 3.67. The quantitative estimate of drug-likeness (QED) is 0.466. The molecule has 10 heteroatoms. The number of hydrogen-bond acceptors (Lipinski definition) is 6. The molecule has 0 radical (unpaired) electrons. The molecule has 0 bridgehead atoms. The summed E-state index contributed by atoms with van der Waals surface area (Å²) in [5.41, 5.74) is 2.79. The van der Waals surface area contributed by atoms with Crippen LogP contribution in [0.2, 0.25) is 5.02 Å². The van der Waals surface area contributed by atoms with Crippen LogP contribution in [0.4, 0.5) is 9.18 Å². The fourth-order valence-corrected chi connectivity index (χ4v) is 4.91. The van der Waals surface area contributed by atoms with Crippen molar-refractivity contribution in [1.82, 2.24) is 14.7 Å². The Labute approximate surface area is 211 Å². The Bertz CT molecular complexity index is 1400. The zero-order valence-electron chi connectivity index (χ0n) is 19.7. The van der Waals surface area contributed by atoms with Gasteiger partial charge in [0.1, 0.15) is 5.82 Å². The van der Waals surface area contributed by atoms with Crippen molar-refractivity contribution in [1.29, 1.82) is 0 Å². The van der Waals surface area contributed by atoms with Crippen molar-refractivity contribution < 1.29 is 28.2 Å². The lowest BCUT2D eigenvalue weighted by Gasteiger charge is -2.26. The first-order valence-corrected chi connectivity index (χ1v) is 11.9. The summed E-state index contributed by atoms with van der Waals surface area (Å²) in [6, 6.07) is 9.32. The lowest BCUT2D eigenvalue weighted by atomic mass is 9.98. The van der Waals surface area contributed by atoms with Crippen molar-refractivity contribution in [2.45, 2.75) is 31.7 Å². The van der Waals surface area contributed by atoms with E-state index in [-0.39, 0.29) is 29.3 Å². The molecule has 1 fully saturated rings. The third-order valence-electron chi connectivity index (χ3n) is 6.61. The molecule has 2 aliphatic rings. The van der Waals surface area contributed by atoms with Crippen LogP contribution in [0.3, 0.4) is 0 Å². The zero-order valence-corrected chi connectivity index (χ0v) is 20.5. The number of amides is 1. The molecule has 0 spiro atoms. The van der Waals surface area contributed by atoms with Gasteiger partial charge < -0.3 is 14.4 Å². The Balaban J connectivity index is 1.65. The van der Waals surface area contributed by atoms with Crippen LogP contribution in [-0.2, 0) is 22.4 Å². The number of fused-ring (bicyclic) bond motifs is 1. The highest BCUT2D eigenvalue weighted by Crippen LogP contribution is 2.43. The highest BCUT2D eigenvalue weighted by molar-refractivity contribution is 6.34. The number of methoxy groups -OCH3 is 2. The Morgan fingerprint density at radius 3 is 2.56 bits per heavy atom. The minimum absolute atomic E-state index is 0.0603. The highest BCUT2D eigenvalue weighted by atomic mass is 35.5. The van der Waals surface area contributed by atoms with Gasteiger partial charge in [-0.15, -0.1) is 0 Å². The number of carbonyl (C=O) groups excluding carboxylic acids is 3. The topological polar surface area (TPSA) is 90.7 Å². The van der Waals surface area contributed by atoms with Crippen LogP contribution in [0.25, 0.3) is 11.3 Å². The van der Waals surface area contributed by atoms with Crippen molar-refractivity contribution in [3.05, 3.63) is 75.2 Å². The van der Waals surface area contributed by atoms with Crippen LogP contribution in [0.15, 0.2) is 36.4 Å². The molecule has 36 heavy (non-hydrogen) atoms. The van der Waals surface area contributed by atoms with E-state index in [0.717, 1.165) is 24.5 Å². The van der Waals surface area contributed by atoms with E-state index in [4.69, 9.17) is 16.3 Å². The Kier molecular flexibility index (Phi) is 6.26. The van der Waals surface area contributed by atoms with Gasteiger partial charge in [0.05, 0.1) is 48.3 Å². The van der Waals surface area contributed by atoms with E-state index < -0.39 is 23.8 Å². The number of carbonyl (C=O) groups is 3. The SMILES string of the molecule is COC(=O)c1ccc(-c2nn(C(=O)c3c(Cl)cccc3C3CC3)c3c2CCN(C(=O)OC)C3)c(F)c1. The van der Waals surface area contributed by atoms with E-state index in [1.807, 2.05) is 12.1 Å². The Morgan fingerprint density at radius 2 is 1.89 bits per heavy atom. The number of rotatable bonds is 4. The number of halogens is 2. The van der Waals surface area contributed by atoms with Crippen molar-refractivity contribution in [3.8, 4) is 11.3 Å². The first-order chi connectivity index (χ1) is 17.3. The van der Waals surface area contributed by atoms with Crippen LogP contribution in [0.1, 0.15) is 56.3 Å². The van der Waals surface area contributed by atoms with Gasteiger partial charge in [-0.2, -0.15) is 9.78 Å². The van der Waals surface area contributed by atoms with Gasteiger partial charge in [-0.05, 0) is 55.0 Å². The molecule has 5 rings (SSSR count). The number of ether oxygens (including phenoxy) is 2. The fourth-order valence-electron chi connectivity index (χ4n) is 4.65. The van der Waals surface area contributed by atoms with Gasteiger partial charge in [0.2, 0.25) is 0 Å². The molecular weight excluding hydrogens is 489 g/mol. The average molecular weight is 512 g/mol. The predicted octanol–water partition coefficient (Wildman–Crippen LogP) is 4.82. The summed E-state index contributed by atoms with van der Waals surface area (Å²) >= 11 is 6.49. The molecule has 1 aliphatic carbocycles. The predicted molar refractivity (Wildman–Crippen MR) is 129 cm³/mol. The molecule has 2 heterocycles. The third-order valence-corrected chi connectivity index (χ3v) is 6.92. The van der Waals surface area contributed by atoms with E-state index in [1.165, 1.54) is 35.9 Å². The lowest BCUT2D eigenvalue weighted by Crippen LogP contribution is -2.37. The van der Waals surface area contributed by atoms with E-state index in [2.05, 4.69) is 9.84 Å². The van der Waals surface area contributed by atoms with Crippen molar-refractivity contribution in [2.75, 3.05) is 20.8 Å². The smallest absolute Gasteiger partial charge is 0.409 e. The molecule has 1 aromatic heterocycles. The van der Waals surface area contributed by atoms with E-state index in [0.29, 0.717) is 34.8 Å². The molecule has 1 saturated carbocycles. The van der Waals surface area contributed by atoms with Gasteiger partial charge in [-0.1, -0.05) is 23.7 Å². The molecule has 0 unspecified atom stereocenters. The molecule has 0 saturated heterocycles. The van der Waals surface area contributed by atoms with Gasteiger partial charge in [0.25, 0.3) is 5.91 Å². The van der Waals surface area contributed by atoms with Crippen LogP contribution < -0.4 is 0 Å². The van der Waals surface area contributed by atoms with Gasteiger partial charge in [-0.3, -0.25) is 4.79 Å². The Morgan fingerprint density at radius 1 is 1.11 bits per heavy atom. The minimum atomic E-state index is -0.676. The van der Waals surface area contributed by atoms with Crippen molar-refractivity contribution in [3.63, 3.8) is 0 Å². The maximum Gasteiger partial charge on any atom is 0.409 e. The highest BCUT2D eigenvalue weighted by Gasteiger charge is 2.35. The molecule has 8 nitrogen and oxygen atoms in total. The molecular formula is C26H23ClFN3O5. The maximum absolute atomic E-state index is 15.2. The monoisotopic (exact) mass is 511 g/mol. The second kappa shape index (κ2) is 9.39. The zero-order chi connectivity index (χ0) is 25.6. The summed E-state index contributed by atoms with van der Waals surface area (Å²) in [6.07, 6.45) is 1.74. The van der Waals surface area contributed by atoms with E-state index >= 15 is 4.39 Å². The summed E-state index contributed by atoms with van der Waals surface area (Å²) in [4.78, 5) is 39.4. The number of nitrogens with zero attached hydrogens (tertiary/aromatic N) is 3. The maximum atomic E-state index is 15.2. The summed E-state index contributed by atoms with van der Waals surface area (Å²) in [7, 11) is 2.51. The number of benzene rings is 2. The molecule has 2 aromatic carbocycles. The van der Waals surface area contributed by atoms with E-state index in [9.17, 15) is 14.4 Å². The second-order valence-electron chi connectivity index (χ2n) is 8.80. The largest absolute Gasteiger partial charge is 0.465 e. The van der Waals surface area contributed by atoms with E-state index in [1.54, 1.807) is 6.07 Å². The van der Waals surface area contributed by atoms with Crippen molar-refractivity contribution >= 4 is 29.6 Å². The number of esters is 1. The van der Waals surface area contributed by atoms with Crippen LogP contribution in [-0.4, -0.2) is 53.4 Å². The van der Waals surface area contributed by atoms with Crippen LogP contribution in [0, 0.1) is 5.82 Å². The summed E-state index contributed by atoms with van der Waals surface area (Å²) < 4.78 is 26.0. The molecule has 0 N–H and O–H groups in total. The summed E-state index contributed by atoms with van der Waals surface area (Å²) in [5.74, 6) is -1.53. The minimum Gasteiger partial charge on any atom is -0.465 e. The number of aromatic nitrogens is 2. The second-order valence-corrected chi connectivity index (χ2v) is 9.20. The van der Waals surface area contributed by atoms with Gasteiger partial charge >= 0.3 is 12.1 Å². The summed E-state index contributed by atoms with van der Waals surface area (Å²) in [6.45, 7) is 0.375. The fraction of sp³-hybridized carbons (Fsp3) is 0.308. The molecule has 0 atom stereocenters. The van der Waals surface area contributed by atoms with Gasteiger partial charge in [-0.25, -0.2) is 14.0 Å². The lowest BCUT2D eigenvalue weighted by molar-refractivity contribution is 0.0600. The van der Waals surface area contributed by atoms with Crippen molar-refractivity contribution in [2.24, 2.45) is 0 Å². The first kappa shape index (κ1) is 24.0.